The Morgan fingerprint density at radius 2 is 2.05 bits per heavy atom. The van der Waals surface area contributed by atoms with Crippen molar-refractivity contribution in [3.05, 3.63) is 11.6 Å². The van der Waals surface area contributed by atoms with Crippen molar-refractivity contribution in [1.82, 2.24) is 20.1 Å². The summed E-state index contributed by atoms with van der Waals surface area (Å²) < 4.78 is 4.95. The first-order valence-electron chi connectivity index (χ1n) is 7.47. The van der Waals surface area contributed by atoms with E-state index < -0.39 is 0 Å². The Kier molecular flexibility index (Phi) is 4.00. The van der Waals surface area contributed by atoms with Gasteiger partial charge in [-0.15, -0.1) is 0 Å². The number of rotatable bonds is 5. The summed E-state index contributed by atoms with van der Waals surface area (Å²) in [6.45, 7) is 2.13. The van der Waals surface area contributed by atoms with Gasteiger partial charge < -0.3 is 9.64 Å². The van der Waals surface area contributed by atoms with Crippen LogP contribution in [0.1, 0.15) is 55.6 Å². The number of aromatic amines is 1. The maximum atomic E-state index is 11.9. The Balaban J connectivity index is 1.51. The fourth-order valence-electron chi connectivity index (χ4n) is 2.74. The number of piperidine rings is 1. The van der Waals surface area contributed by atoms with E-state index in [4.69, 9.17) is 4.74 Å². The van der Waals surface area contributed by atoms with Crippen LogP contribution in [-0.4, -0.2) is 52.8 Å². The lowest BCUT2D eigenvalue weighted by Gasteiger charge is -2.31. The number of carbonyl (C=O) groups excluding carboxylic acids is 1. The van der Waals surface area contributed by atoms with Gasteiger partial charge >= 0.3 is 0 Å². The number of hydrogen-bond donors (Lipinski definition) is 1. The molecule has 1 aliphatic heterocycles. The van der Waals surface area contributed by atoms with Gasteiger partial charge in [0.05, 0.1) is 13.0 Å². The van der Waals surface area contributed by atoms with Crippen LogP contribution in [0.2, 0.25) is 0 Å². The summed E-state index contributed by atoms with van der Waals surface area (Å²) in [5, 5.41) is 7.41. The number of nitrogens with one attached hydrogen (secondary N) is 1. The fourth-order valence-corrected chi connectivity index (χ4v) is 2.74. The molecule has 1 aromatic heterocycles. The van der Waals surface area contributed by atoms with Gasteiger partial charge in [-0.25, -0.2) is 4.98 Å². The molecule has 1 aliphatic carbocycles. The predicted octanol–water partition coefficient (Wildman–Crippen LogP) is 1.42. The molecule has 1 saturated carbocycles. The van der Waals surface area contributed by atoms with Crippen molar-refractivity contribution in [2.75, 3.05) is 26.8 Å². The molecule has 2 heterocycles. The monoisotopic (exact) mass is 278 g/mol. The maximum absolute atomic E-state index is 11.9. The van der Waals surface area contributed by atoms with Crippen molar-refractivity contribution >= 4 is 5.91 Å². The van der Waals surface area contributed by atoms with Crippen LogP contribution in [0.25, 0.3) is 0 Å². The van der Waals surface area contributed by atoms with Crippen LogP contribution in [0.3, 0.4) is 0 Å². The Hall–Kier alpha value is -1.43. The largest absolute Gasteiger partial charge is 0.384 e. The third-order valence-corrected chi connectivity index (χ3v) is 4.22. The average Bonchev–Trinajstić information content (AvgIpc) is 3.22. The van der Waals surface area contributed by atoms with Crippen LogP contribution in [-0.2, 0) is 9.53 Å². The predicted molar refractivity (Wildman–Crippen MR) is 73.4 cm³/mol. The quantitative estimate of drug-likeness (QED) is 0.884. The van der Waals surface area contributed by atoms with Crippen LogP contribution >= 0.6 is 0 Å². The zero-order chi connectivity index (χ0) is 13.9. The highest BCUT2D eigenvalue weighted by Crippen LogP contribution is 2.38. The molecule has 1 saturated heterocycles. The molecule has 20 heavy (non-hydrogen) atoms. The van der Waals surface area contributed by atoms with Gasteiger partial charge in [0.1, 0.15) is 5.82 Å². The molecule has 2 fully saturated rings. The van der Waals surface area contributed by atoms with E-state index in [1.54, 1.807) is 7.11 Å². The van der Waals surface area contributed by atoms with Crippen molar-refractivity contribution in [1.29, 1.82) is 0 Å². The zero-order valence-corrected chi connectivity index (χ0v) is 12.0. The van der Waals surface area contributed by atoms with Crippen molar-refractivity contribution < 1.29 is 9.53 Å². The second-order valence-corrected chi connectivity index (χ2v) is 5.75. The van der Waals surface area contributed by atoms with Crippen molar-refractivity contribution in [2.24, 2.45) is 0 Å². The Bertz CT molecular complexity index is 461. The molecular formula is C14H22N4O2. The molecule has 110 valence electrons. The molecule has 0 radical (unpaired) electrons. The van der Waals surface area contributed by atoms with Gasteiger partial charge in [0.25, 0.3) is 0 Å². The molecule has 3 rings (SSSR count). The van der Waals surface area contributed by atoms with Gasteiger partial charge in [-0.2, -0.15) is 5.10 Å². The summed E-state index contributed by atoms with van der Waals surface area (Å²) in [4.78, 5) is 18.5. The smallest absolute Gasteiger partial charge is 0.224 e. The van der Waals surface area contributed by atoms with Gasteiger partial charge in [0, 0.05) is 32.0 Å². The molecule has 6 heteroatoms. The van der Waals surface area contributed by atoms with Crippen molar-refractivity contribution in [2.45, 2.75) is 43.9 Å². The van der Waals surface area contributed by atoms with E-state index >= 15 is 0 Å². The molecular weight excluding hydrogens is 256 g/mol. The first-order valence-corrected chi connectivity index (χ1v) is 7.47. The van der Waals surface area contributed by atoms with Crippen LogP contribution < -0.4 is 0 Å². The minimum Gasteiger partial charge on any atom is -0.384 e. The minimum atomic E-state index is 0.196. The molecule has 1 N–H and O–H groups in total. The molecule has 2 aliphatic rings. The minimum absolute atomic E-state index is 0.196. The number of amides is 1. The highest BCUT2D eigenvalue weighted by molar-refractivity contribution is 5.76. The van der Waals surface area contributed by atoms with Crippen molar-refractivity contribution in [3.8, 4) is 0 Å². The van der Waals surface area contributed by atoms with E-state index in [-0.39, 0.29) is 5.91 Å². The molecule has 1 aromatic rings. The average molecular weight is 278 g/mol. The standard InChI is InChI=1S/C14H22N4O2/c1-20-9-6-12(19)18-7-4-11(5-8-18)14-15-13(16-17-14)10-2-3-10/h10-11H,2-9H2,1H3,(H,15,16,17). The first kappa shape index (κ1) is 13.5. The number of nitrogens with zero attached hydrogens (tertiary/aromatic N) is 3. The summed E-state index contributed by atoms with van der Waals surface area (Å²) in [6, 6.07) is 0. The summed E-state index contributed by atoms with van der Waals surface area (Å²) in [7, 11) is 1.63. The summed E-state index contributed by atoms with van der Waals surface area (Å²) in [5.74, 6) is 3.20. The van der Waals surface area contributed by atoms with Gasteiger partial charge in [0.15, 0.2) is 5.82 Å². The number of likely N-dealkylation sites (tertiary alicyclic amines) is 1. The van der Waals surface area contributed by atoms with Crippen LogP contribution in [0.4, 0.5) is 0 Å². The first-order chi connectivity index (χ1) is 9.78. The lowest BCUT2D eigenvalue weighted by molar-refractivity contribution is -0.133. The number of methoxy groups -OCH3 is 1. The zero-order valence-electron chi connectivity index (χ0n) is 12.0. The molecule has 0 bridgehead atoms. The molecule has 6 nitrogen and oxygen atoms in total. The molecule has 0 atom stereocenters. The second kappa shape index (κ2) is 5.91. The Morgan fingerprint density at radius 1 is 1.30 bits per heavy atom. The normalized spacial score (nSPS) is 20.4. The van der Waals surface area contributed by atoms with Crippen LogP contribution in [0, 0.1) is 0 Å². The topological polar surface area (TPSA) is 71.1 Å². The van der Waals surface area contributed by atoms with E-state index in [9.17, 15) is 4.79 Å². The SMILES string of the molecule is COCCC(=O)N1CCC(c2nc(C3CC3)n[nH]2)CC1. The van der Waals surface area contributed by atoms with Crippen LogP contribution in [0.15, 0.2) is 0 Å². The van der Waals surface area contributed by atoms with E-state index in [1.807, 2.05) is 4.90 Å². The lowest BCUT2D eigenvalue weighted by Crippen LogP contribution is -2.38. The van der Waals surface area contributed by atoms with E-state index in [2.05, 4.69) is 15.2 Å². The summed E-state index contributed by atoms with van der Waals surface area (Å²) in [5.41, 5.74) is 0. The lowest BCUT2D eigenvalue weighted by atomic mass is 9.96. The van der Waals surface area contributed by atoms with Crippen LogP contribution in [0.5, 0.6) is 0 Å². The molecule has 1 amide bonds. The van der Waals surface area contributed by atoms with E-state index in [0.29, 0.717) is 24.9 Å². The number of ether oxygens (including phenoxy) is 1. The number of carbonyl (C=O) groups is 1. The highest BCUT2D eigenvalue weighted by atomic mass is 16.5. The highest BCUT2D eigenvalue weighted by Gasteiger charge is 2.30. The Morgan fingerprint density at radius 3 is 2.70 bits per heavy atom. The molecule has 0 spiro atoms. The second-order valence-electron chi connectivity index (χ2n) is 5.75. The van der Waals surface area contributed by atoms with Gasteiger partial charge in [-0.1, -0.05) is 0 Å². The van der Waals surface area contributed by atoms with Gasteiger partial charge in [-0.3, -0.25) is 9.89 Å². The third kappa shape index (κ3) is 3.00. The van der Waals surface area contributed by atoms with E-state index in [1.165, 1.54) is 12.8 Å². The fraction of sp³-hybridized carbons (Fsp3) is 0.786. The number of hydrogen-bond acceptors (Lipinski definition) is 4. The third-order valence-electron chi connectivity index (χ3n) is 4.22. The summed E-state index contributed by atoms with van der Waals surface area (Å²) in [6.07, 6.45) is 4.87. The maximum Gasteiger partial charge on any atom is 0.224 e. The van der Waals surface area contributed by atoms with Gasteiger partial charge in [0.2, 0.25) is 5.91 Å². The molecule has 0 unspecified atom stereocenters. The molecule has 0 aromatic carbocycles. The number of aromatic nitrogens is 3. The summed E-state index contributed by atoms with van der Waals surface area (Å²) >= 11 is 0. The van der Waals surface area contributed by atoms with Gasteiger partial charge in [-0.05, 0) is 25.7 Å². The Labute approximate surface area is 118 Å². The van der Waals surface area contributed by atoms with Crippen molar-refractivity contribution in [3.63, 3.8) is 0 Å². The number of H-pyrrole nitrogens is 1. The van der Waals surface area contributed by atoms with E-state index in [0.717, 1.165) is 37.6 Å².